The molecule has 1 saturated heterocycles. The van der Waals surface area contributed by atoms with E-state index in [1.165, 1.54) is 4.90 Å². The van der Waals surface area contributed by atoms with E-state index in [-0.39, 0.29) is 12.5 Å². The summed E-state index contributed by atoms with van der Waals surface area (Å²) in [5, 5.41) is 2.86. The molecule has 4 rings (SSSR count). The number of nitrogens with one attached hydrogen (secondary N) is 1. The first-order valence-corrected chi connectivity index (χ1v) is 9.47. The third-order valence-corrected chi connectivity index (χ3v) is 5.74. The summed E-state index contributed by atoms with van der Waals surface area (Å²) in [6, 6.07) is 10.8. The first kappa shape index (κ1) is 17.9. The normalized spacial score (nSPS) is 21.4. The number of halogens is 1. The highest BCUT2D eigenvalue weighted by Crippen LogP contribution is 2.37. The molecule has 2 heterocycles. The van der Waals surface area contributed by atoms with Crippen molar-refractivity contribution in [3.8, 4) is 11.5 Å². The van der Waals surface area contributed by atoms with Crippen LogP contribution in [-0.4, -0.2) is 30.1 Å². The van der Waals surface area contributed by atoms with Crippen LogP contribution in [0.2, 0.25) is 0 Å². The molecular weight excluding hydrogens is 412 g/mol. The molecule has 3 amide bonds. The Kier molecular flexibility index (Phi) is 4.34. The van der Waals surface area contributed by atoms with Crippen LogP contribution >= 0.6 is 15.9 Å². The monoisotopic (exact) mass is 430 g/mol. The number of hydrogen-bond donors (Lipinski definition) is 1. The lowest BCUT2D eigenvalue weighted by atomic mass is 9.88. The van der Waals surface area contributed by atoms with Crippen LogP contribution in [0.3, 0.4) is 0 Å². The van der Waals surface area contributed by atoms with Gasteiger partial charge in [0.25, 0.3) is 5.91 Å². The third-order valence-electron chi connectivity index (χ3n) is 5.00. The molecule has 2 aromatic rings. The van der Waals surface area contributed by atoms with Crippen molar-refractivity contribution in [1.29, 1.82) is 0 Å². The Morgan fingerprint density at radius 2 is 1.81 bits per heavy atom. The van der Waals surface area contributed by atoms with E-state index in [9.17, 15) is 9.59 Å². The minimum absolute atomic E-state index is 0.142. The van der Waals surface area contributed by atoms with Crippen LogP contribution in [0, 0.1) is 6.92 Å². The maximum atomic E-state index is 13.2. The smallest absolute Gasteiger partial charge is 0.325 e. The molecule has 1 unspecified atom stereocenters. The molecule has 27 heavy (non-hydrogen) atoms. The fourth-order valence-corrected chi connectivity index (χ4v) is 4.00. The van der Waals surface area contributed by atoms with E-state index < -0.39 is 11.6 Å². The number of imide groups is 1. The highest BCUT2D eigenvalue weighted by Gasteiger charge is 2.49. The Bertz CT molecular complexity index is 946. The Morgan fingerprint density at radius 3 is 2.52 bits per heavy atom. The fourth-order valence-electron chi connectivity index (χ4n) is 3.55. The van der Waals surface area contributed by atoms with Gasteiger partial charge >= 0.3 is 6.03 Å². The molecule has 0 aromatic heterocycles. The van der Waals surface area contributed by atoms with E-state index in [4.69, 9.17) is 9.47 Å². The number of rotatable bonds is 3. The van der Waals surface area contributed by atoms with Crippen LogP contribution in [0.4, 0.5) is 4.79 Å². The summed E-state index contributed by atoms with van der Waals surface area (Å²) in [5.74, 6) is 0.996. The number of nitrogens with zero attached hydrogens (tertiary/aromatic N) is 1. The molecule has 0 radical (unpaired) electrons. The van der Waals surface area contributed by atoms with E-state index >= 15 is 0 Å². The largest absolute Gasteiger partial charge is 0.486 e. The van der Waals surface area contributed by atoms with Crippen molar-refractivity contribution < 1.29 is 19.1 Å². The number of carbonyl (C=O) groups is 2. The lowest BCUT2D eigenvalue weighted by Gasteiger charge is -2.24. The number of amides is 3. The maximum absolute atomic E-state index is 13.2. The zero-order valence-electron chi connectivity index (χ0n) is 15.0. The average Bonchev–Trinajstić information content (AvgIpc) is 2.86. The van der Waals surface area contributed by atoms with Gasteiger partial charge in [-0.2, -0.15) is 0 Å². The number of carbonyl (C=O) groups excluding carboxylic acids is 2. The molecule has 0 spiro atoms. The molecule has 7 heteroatoms. The van der Waals surface area contributed by atoms with Crippen molar-refractivity contribution in [1.82, 2.24) is 10.2 Å². The molecule has 2 aliphatic rings. The summed E-state index contributed by atoms with van der Waals surface area (Å²) in [6.07, 6.45) is 0. The van der Waals surface area contributed by atoms with Gasteiger partial charge in [-0.25, -0.2) is 4.79 Å². The lowest BCUT2D eigenvalue weighted by Crippen LogP contribution is -2.41. The summed E-state index contributed by atoms with van der Waals surface area (Å²) in [4.78, 5) is 27.0. The standard InChI is InChI=1S/C20H19BrN2O4/c1-12-5-3-4-6-14(12)20(2)18(24)23(19(25)22-20)11-13-9-16-17(10-15(13)21)27-8-7-26-16/h3-6,9-10H,7-8,11H2,1-2H3,(H,22,25). The van der Waals surface area contributed by atoms with Gasteiger partial charge in [-0.1, -0.05) is 40.2 Å². The van der Waals surface area contributed by atoms with Gasteiger partial charge in [-0.05, 0) is 42.7 Å². The molecule has 0 saturated carbocycles. The van der Waals surface area contributed by atoms with Gasteiger partial charge in [0.05, 0.1) is 6.54 Å². The van der Waals surface area contributed by atoms with Crippen LogP contribution in [0.25, 0.3) is 0 Å². The fraction of sp³-hybridized carbons (Fsp3) is 0.300. The number of ether oxygens (including phenoxy) is 2. The molecule has 1 N–H and O–H groups in total. The molecule has 2 aromatic carbocycles. The quantitative estimate of drug-likeness (QED) is 0.756. The molecule has 2 aliphatic heterocycles. The van der Waals surface area contributed by atoms with Gasteiger partial charge in [0.15, 0.2) is 11.5 Å². The second-order valence-corrected chi connectivity index (χ2v) is 7.70. The maximum Gasteiger partial charge on any atom is 0.325 e. The van der Waals surface area contributed by atoms with Gasteiger partial charge in [-0.3, -0.25) is 9.69 Å². The molecule has 1 atom stereocenters. The number of benzene rings is 2. The lowest BCUT2D eigenvalue weighted by molar-refractivity contribution is -0.131. The predicted molar refractivity (Wildman–Crippen MR) is 103 cm³/mol. The average molecular weight is 431 g/mol. The van der Waals surface area contributed by atoms with Crippen LogP contribution in [0.5, 0.6) is 11.5 Å². The summed E-state index contributed by atoms with van der Waals surface area (Å²) in [5.41, 5.74) is 1.45. The van der Waals surface area contributed by atoms with Gasteiger partial charge < -0.3 is 14.8 Å². The van der Waals surface area contributed by atoms with Crippen LogP contribution in [0.1, 0.15) is 23.6 Å². The molecule has 0 aliphatic carbocycles. The highest BCUT2D eigenvalue weighted by molar-refractivity contribution is 9.10. The Hall–Kier alpha value is -2.54. The van der Waals surface area contributed by atoms with Crippen molar-refractivity contribution in [3.05, 3.63) is 57.6 Å². The van der Waals surface area contributed by atoms with E-state index in [1.807, 2.05) is 43.3 Å². The summed E-state index contributed by atoms with van der Waals surface area (Å²) in [6.45, 7) is 4.79. The molecule has 1 fully saturated rings. The Balaban J connectivity index is 1.65. The third kappa shape index (κ3) is 2.96. The van der Waals surface area contributed by atoms with E-state index in [1.54, 1.807) is 6.92 Å². The van der Waals surface area contributed by atoms with Gasteiger partial charge in [0.2, 0.25) is 0 Å². The van der Waals surface area contributed by atoms with Crippen LogP contribution < -0.4 is 14.8 Å². The van der Waals surface area contributed by atoms with Crippen molar-refractivity contribution in [2.45, 2.75) is 25.9 Å². The Labute approximate surface area is 165 Å². The SMILES string of the molecule is Cc1ccccc1C1(C)NC(=O)N(Cc2cc3c(cc2Br)OCCO3)C1=O. The molecule has 6 nitrogen and oxygen atoms in total. The summed E-state index contributed by atoms with van der Waals surface area (Å²) < 4.78 is 11.9. The zero-order chi connectivity index (χ0) is 19.2. The molecule has 140 valence electrons. The number of hydrogen-bond acceptors (Lipinski definition) is 4. The van der Waals surface area contributed by atoms with Crippen molar-refractivity contribution in [2.75, 3.05) is 13.2 Å². The molecular formula is C20H19BrN2O4. The molecule has 0 bridgehead atoms. The minimum atomic E-state index is -1.08. The van der Waals surface area contributed by atoms with Gasteiger partial charge in [-0.15, -0.1) is 0 Å². The van der Waals surface area contributed by atoms with Crippen molar-refractivity contribution >= 4 is 27.9 Å². The summed E-state index contributed by atoms with van der Waals surface area (Å²) in [7, 11) is 0. The van der Waals surface area contributed by atoms with E-state index in [0.717, 1.165) is 21.2 Å². The topological polar surface area (TPSA) is 67.9 Å². The highest BCUT2D eigenvalue weighted by atomic mass is 79.9. The van der Waals surface area contributed by atoms with Gasteiger partial charge in [0, 0.05) is 4.47 Å². The Morgan fingerprint density at radius 1 is 1.15 bits per heavy atom. The van der Waals surface area contributed by atoms with Crippen molar-refractivity contribution in [2.24, 2.45) is 0 Å². The number of aryl methyl sites for hydroxylation is 1. The van der Waals surface area contributed by atoms with Crippen molar-refractivity contribution in [3.63, 3.8) is 0 Å². The van der Waals surface area contributed by atoms with E-state index in [2.05, 4.69) is 21.2 Å². The van der Waals surface area contributed by atoms with E-state index in [0.29, 0.717) is 24.7 Å². The van der Waals surface area contributed by atoms with Crippen LogP contribution in [0.15, 0.2) is 40.9 Å². The first-order chi connectivity index (χ1) is 12.9. The number of urea groups is 1. The second kappa shape index (κ2) is 6.56. The first-order valence-electron chi connectivity index (χ1n) is 8.68. The van der Waals surface area contributed by atoms with Gasteiger partial charge in [0.1, 0.15) is 18.8 Å². The van der Waals surface area contributed by atoms with Crippen LogP contribution in [-0.2, 0) is 16.9 Å². The zero-order valence-corrected chi connectivity index (χ0v) is 16.6. The predicted octanol–water partition coefficient (Wildman–Crippen LogP) is 3.50. The second-order valence-electron chi connectivity index (χ2n) is 6.85. The minimum Gasteiger partial charge on any atom is -0.486 e. The number of fused-ring (bicyclic) bond motifs is 1. The summed E-state index contributed by atoms with van der Waals surface area (Å²) >= 11 is 3.50.